The molecular formula is C22H26N2O3. The number of carbonyl (C=O) groups is 2. The summed E-state index contributed by atoms with van der Waals surface area (Å²) in [5, 5.41) is 2.91. The van der Waals surface area contributed by atoms with Gasteiger partial charge >= 0.3 is 0 Å². The van der Waals surface area contributed by atoms with Gasteiger partial charge in [-0.15, -0.1) is 0 Å². The number of hydrogen-bond acceptors (Lipinski definition) is 3. The molecule has 3 rings (SSSR count). The number of ether oxygens (including phenoxy) is 1. The number of aryl methyl sites for hydroxylation is 1. The fourth-order valence-electron chi connectivity index (χ4n) is 3.23. The highest BCUT2D eigenvalue weighted by molar-refractivity contribution is 6.06. The van der Waals surface area contributed by atoms with E-state index < -0.39 is 0 Å². The van der Waals surface area contributed by atoms with Crippen molar-refractivity contribution in [2.45, 2.75) is 32.6 Å². The van der Waals surface area contributed by atoms with Gasteiger partial charge in [0.05, 0.1) is 5.56 Å². The largest absolute Gasteiger partial charge is 0.483 e. The van der Waals surface area contributed by atoms with E-state index in [9.17, 15) is 9.59 Å². The quantitative estimate of drug-likeness (QED) is 0.869. The molecule has 27 heavy (non-hydrogen) atoms. The van der Waals surface area contributed by atoms with Gasteiger partial charge in [-0.05, 0) is 43.5 Å². The maximum atomic E-state index is 12.7. The van der Waals surface area contributed by atoms with Crippen molar-refractivity contribution in [2.75, 3.05) is 25.0 Å². The average molecular weight is 366 g/mol. The lowest BCUT2D eigenvalue weighted by Crippen LogP contribution is -2.35. The molecule has 1 saturated heterocycles. The third-order valence-corrected chi connectivity index (χ3v) is 4.83. The van der Waals surface area contributed by atoms with Crippen LogP contribution in [0.2, 0.25) is 0 Å². The van der Waals surface area contributed by atoms with Crippen molar-refractivity contribution in [3.05, 3.63) is 59.7 Å². The molecule has 1 fully saturated rings. The Morgan fingerprint density at radius 1 is 0.963 bits per heavy atom. The van der Waals surface area contributed by atoms with Gasteiger partial charge in [0, 0.05) is 18.8 Å². The number of likely N-dealkylation sites (tertiary alicyclic amines) is 1. The first-order valence-corrected chi connectivity index (χ1v) is 9.52. The van der Waals surface area contributed by atoms with E-state index in [2.05, 4.69) is 5.32 Å². The molecule has 1 aliphatic heterocycles. The Kier molecular flexibility index (Phi) is 6.47. The number of benzene rings is 2. The van der Waals surface area contributed by atoms with Gasteiger partial charge in [-0.2, -0.15) is 0 Å². The second-order valence-electron chi connectivity index (χ2n) is 6.85. The molecule has 0 saturated carbocycles. The molecule has 5 nitrogen and oxygen atoms in total. The Hall–Kier alpha value is -2.82. The second kappa shape index (κ2) is 9.21. The Morgan fingerprint density at radius 2 is 1.63 bits per heavy atom. The molecule has 1 aliphatic rings. The van der Waals surface area contributed by atoms with Crippen LogP contribution in [0.4, 0.5) is 5.69 Å². The molecule has 2 aromatic rings. The average Bonchev–Trinajstić information content (AvgIpc) is 2.97. The minimum absolute atomic E-state index is 0.0222. The van der Waals surface area contributed by atoms with Crippen LogP contribution < -0.4 is 10.1 Å². The van der Waals surface area contributed by atoms with Gasteiger partial charge in [-0.25, -0.2) is 0 Å². The lowest BCUT2D eigenvalue weighted by Gasteiger charge is -2.20. The molecule has 5 heteroatoms. The van der Waals surface area contributed by atoms with Crippen LogP contribution >= 0.6 is 0 Å². The summed E-state index contributed by atoms with van der Waals surface area (Å²) < 4.78 is 5.73. The van der Waals surface area contributed by atoms with Gasteiger partial charge in [0.1, 0.15) is 5.75 Å². The van der Waals surface area contributed by atoms with E-state index in [0.717, 1.165) is 37.2 Å². The Morgan fingerprint density at radius 3 is 2.37 bits per heavy atom. The van der Waals surface area contributed by atoms with E-state index in [0.29, 0.717) is 11.3 Å². The summed E-state index contributed by atoms with van der Waals surface area (Å²) in [4.78, 5) is 27.0. The molecule has 1 heterocycles. The van der Waals surface area contributed by atoms with Gasteiger partial charge in [-0.3, -0.25) is 9.59 Å². The predicted octanol–water partition coefficient (Wildman–Crippen LogP) is 4.03. The molecule has 142 valence electrons. The highest BCUT2D eigenvalue weighted by Gasteiger charge is 2.18. The van der Waals surface area contributed by atoms with Crippen molar-refractivity contribution in [3.63, 3.8) is 0 Å². The molecule has 2 aromatic carbocycles. The number of nitrogens with one attached hydrogen (secondary N) is 1. The number of rotatable bonds is 5. The number of hydrogen-bond donors (Lipinski definition) is 1. The molecule has 1 N–H and O–H groups in total. The fraction of sp³-hybridized carbons (Fsp3) is 0.364. The maximum absolute atomic E-state index is 12.7. The lowest BCUT2D eigenvalue weighted by molar-refractivity contribution is -0.133. The molecule has 0 bridgehead atoms. The van der Waals surface area contributed by atoms with E-state index in [4.69, 9.17) is 4.74 Å². The number of para-hydroxylation sites is 2. The summed E-state index contributed by atoms with van der Waals surface area (Å²) in [6.45, 7) is 3.47. The highest BCUT2D eigenvalue weighted by atomic mass is 16.5. The first kappa shape index (κ1) is 19.0. The number of anilines is 1. The predicted molar refractivity (Wildman–Crippen MR) is 106 cm³/mol. The van der Waals surface area contributed by atoms with Crippen LogP contribution in [0, 0.1) is 6.92 Å². The second-order valence-corrected chi connectivity index (χ2v) is 6.85. The lowest BCUT2D eigenvalue weighted by atomic mass is 10.1. The zero-order chi connectivity index (χ0) is 19.1. The molecule has 0 atom stereocenters. The summed E-state index contributed by atoms with van der Waals surface area (Å²) in [5.74, 6) is 0.153. The minimum Gasteiger partial charge on any atom is -0.483 e. The van der Waals surface area contributed by atoms with Crippen LogP contribution in [0.25, 0.3) is 0 Å². The number of nitrogens with zero attached hydrogens (tertiary/aromatic N) is 1. The van der Waals surface area contributed by atoms with E-state index in [1.54, 1.807) is 24.3 Å². The van der Waals surface area contributed by atoms with Crippen molar-refractivity contribution < 1.29 is 14.3 Å². The number of carbonyl (C=O) groups excluding carboxylic acids is 2. The van der Waals surface area contributed by atoms with E-state index in [-0.39, 0.29) is 18.4 Å². The summed E-state index contributed by atoms with van der Waals surface area (Å²) in [5.41, 5.74) is 2.17. The Balaban J connectivity index is 1.65. The molecule has 0 radical (unpaired) electrons. The van der Waals surface area contributed by atoms with Crippen LogP contribution in [0.3, 0.4) is 0 Å². The van der Waals surface area contributed by atoms with Crippen LogP contribution in [-0.4, -0.2) is 36.4 Å². The third-order valence-electron chi connectivity index (χ3n) is 4.83. The van der Waals surface area contributed by atoms with Crippen molar-refractivity contribution in [3.8, 4) is 5.75 Å². The first-order chi connectivity index (χ1) is 13.1. The van der Waals surface area contributed by atoms with E-state index in [1.807, 2.05) is 36.1 Å². The monoisotopic (exact) mass is 366 g/mol. The van der Waals surface area contributed by atoms with Crippen LogP contribution in [0.5, 0.6) is 5.75 Å². The zero-order valence-electron chi connectivity index (χ0n) is 15.7. The summed E-state index contributed by atoms with van der Waals surface area (Å²) in [7, 11) is 0. The van der Waals surface area contributed by atoms with Gasteiger partial charge < -0.3 is 15.0 Å². The molecular weight excluding hydrogens is 340 g/mol. The topological polar surface area (TPSA) is 58.6 Å². The first-order valence-electron chi connectivity index (χ1n) is 9.52. The van der Waals surface area contributed by atoms with Gasteiger partial charge in [-0.1, -0.05) is 43.2 Å². The SMILES string of the molecule is Cc1ccccc1NC(=O)c1ccccc1OCC(=O)N1CCCCCC1. The Bertz CT molecular complexity index is 796. The van der Waals surface area contributed by atoms with Crippen molar-refractivity contribution >= 4 is 17.5 Å². The Labute approximate surface area is 160 Å². The molecule has 2 amide bonds. The van der Waals surface area contributed by atoms with Crippen molar-refractivity contribution in [1.29, 1.82) is 0 Å². The fourth-order valence-corrected chi connectivity index (χ4v) is 3.23. The highest BCUT2D eigenvalue weighted by Crippen LogP contribution is 2.21. The normalized spacial score (nSPS) is 14.3. The molecule has 0 unspecified atom stereocenters. The van der Waals surface area contributed by atoms with E-state index >= 15 is 0 Å². The standard InChI is InChI=1S/C22H26N2O3/c1-17-10-4-6-12-19(17)23-22(26)18-11-5-7-13-20(18)27-16-21(25)24-14-8-2-3-9-15-24/h4-7,10-13H,2-3,8-9,14-16H2,1H3,(H,23,26). The third kappa shape index (κ3) is 5.09. The van der Waals surface area contributed by atoms with Gasteiger partial charge in [0.15, 0.2) is 6.61 Å². The van der Waals surface area contributed by atoms with Crippen molar-refractivity contribution in [1.82, 2.24) is 4.90 Å². The maximum Gasteiger partial charge on any atom is 0.260 e. The van der Waals surface area contributed by atoms with Crippen LogP contribution in [0.1, 0.15) is 41.6 Å². The summed E-state index contributed by atoms with van der Waals surface area (Å²) in [6.07, 6.45) is 4.43. The van der Waals surface area contributed by atoms with Gasteiger partial charge in [0.25, 0.3) is 11.8 Å². The molecule has 0 spiro atoms. The smallest absolute Gasteiger partial charge is 0.260 e. The van der Waals surface area contributed by atoms with E-state index in [1.165, 1.54) is 12.8 Å². The number of amides is 2. The molecule has 0 aliphatic carbocycles. The van der Waals surface area contributed by atoms with Crippen LogP contribution in [0.15, 0.2) is 48.5 Å². The van der Waals surface area contributed by atoms with Gasteiger partial charge in [0.2, 0.25) is 0 Å². The van der Waals surface area contributed by atoms with Crippen molar-refractivity contribution in [2.24, 2.45) is 0 Å². The zero-order valence-corrected chi connectivity index (χ0v) is 15.7. The minimum atomic E-state index is -0.248. The summed E-state index contributed by atoms with van der Waals surface area (Å²) in [6, 6.07) is 14.6. The summed E-state index contributed by atoms with van der Waals surface area (Å²) >= 11 is 0. The molecule has 0 aromatic heterocycles. The van der Waals surface area contributed by atoms with Crippen LogP contribution in [-0.2, 0) is 4.79 Å².